The van der Waals surface area contributed by atoms with Crippen molar-refractivity contribution in [1.29, 1.82) is 0 Å². The zero-order chi connectivity index (χ0) is 22.4. The Morgan fingerprint density at radius 1 is 1.07 bits per heavy atom. The third kappa shape index (κ3) is 3.79. The summed E-state index contributed by atoms with van der Waals surface area (Å²) in [6, 6.07) is 5.36. The number of carboxylic acids is 1. The minimum Gasteiger partial charge on any atom is -0.479 e. The van der Waals surface area contributed by atoms with Crippen LogP contribution in [0.5, 0.6) is 0 Å². The van der Waals surface area contributed by atoms with E-state index in [1.54, 1.807) is 32.0 Å². The molecule has 2 aliphatic heterocycles. The third-order valence-corrected chi connectivity index (χ3v) is 6.95. The number of carbonyl (C=O) groups is 3. The zero-order valence-corrected chi connectivity index (χ0v) is 17.1. The maximum absolute atomic E-state index is 13.2. The molecule has 2 heterocycles. The van der Waals surface area contributed by atoms with Gasteiger partial charge in [0.25, 0.3) is 5.91 Å². The summed E-state index contributed by atoms with van der Waals surface area (Å²) in [5.74, 6) is -3.14. The lowest BCUT2D eigenvalue weighted by molar-refractivity contribution is -0.153. The zero-order valence-electron chi connectivity index (χ0n) is 16.2. The average Bonchev–Trinajstić information content (AvgIpc) is 2.98. The van der Waals surface area contributed by atoms with Crippen molar-refractivity contribution in [3.63, 3.8) is 0 Å². The summed E-state index contributed by atoms with van der Waals surface area (Å²) < 4.78 is -0.993. The van der Waals surface area contributed by atoms with Crippen LogP contribution in [0, 0.1) is 0 Å². The quantitative estimate of drug-likeness (QED) is 0.324. The van der Waals surface area contributed by atoms with Crippen molar-refractivity contribution in [2.75, 3.05) is 0 Å². The van der Waals surface area contributed by atoms with E-state index in [-0.39, 0.29) is 0 Å². The highest BCUT2D eigenvalue weighted by Gasteiger charge is 2.60. The number of aliphatic hydroxyl groups excluding tert-OH is 4. The van der Waals surface area contributed by atoms with Crippen LogP contribution >= 0.6 is 11.8 Å². The smallest absolute Gasteiger partial charge is 0.330 e. The Bertz CT molecular complexity index is 835. The molecule has 0 radical (unpaired) electrons. The van der Waals surface area contributed by atoms with Gasteiger partial charge in [-0.2, -0.15) is 0 Å². The van der Waals surface area contributed by atoms with Crippen LogP contribution in [0.3, 0.4) is 0 Å². The van der Waals surface area contributed by atoms with Crippen LogP contribution in [0.25, 0.3) is 0 Å². The Balaban J connectivity index is 1.96. The molecule has 1 aromatic carbocycles. The molecule has 164 valence electrons. The number of carbonyl (C=O) groups excluding carboxylic acids is 2. The lowest BCUT2D eigenvalue weighted by atomic mass is 9.98. The van der Waals surface area contributed by atoms with Crippen molar-refractivity contribution in [1.82, 2.24) is 10.2 Å². The molecule has 1 aromatic rings. The van der Waals surface area contributed by atoms with E-state index in [1.165, 1.54) is 12.1 Å². The summed E-state index contributed by atoms with van der Waals surface area (Å²) in [7, 11) is 0. The molecule has 2 fully saturated rings. The Kier molecular flexibility index (Phi) is 6.12. The van der Waals surface area contributed by atoms with Crippen LogP contribution in [-0.4, -0.2) is 88.8 Å². The average molecular weight is 440 g/mol. The molecule has 6 N–H and O–H groups in total. The third-order valence-electron chi connectivity index (χ3n) is 5.37. The SMILES string of the molecule is CC1(C)S[C@@H]2[C@H](O)[C@@H](O)[C@H](O)[C@H](O)C(=O)N2[C@@H]1C(=O)N[C@H](C(=O)O)c1ccccc1. The van der Waals surface area contributed by atoms with Crippen molar-refractivity contribution < 1.29 is 39.9 Å². The molecule has 0 aromatic heterocycles. The lowest BCUT2D eigenvalue weighted by Gasteiger charge is -2.33. The van der Waals surface area contributed by atoms with E-state index < -0.39 is 64.4 Å². The number of thioether (sulfide) groups is 1. The number of fused-ring (bicyclic) bond motifs is 1. The fraction of sp³-hybridized carbons (Fsp3) is 0.526. The van der Waals surface area contributed by atoms with Gasteiger partial charge in [-0.25, -0.2) is 4.79 Å². The molecular weight excluding hydrogens is 416 g/mol. The summed E-state index contributed by atoms with van der Waals surface area (Å²) in [6.07, 6.45) is -7.41. The molecule has 2 saturated heterocycles. The number of carboxylic acid groups (broad SMARTS) is 1. The van der Waals surface area contributed by atoms with Gasteiger partial charge in [0.15, 0.2) is 12.1 Å². The van der Waals surface area contributed by atoms with Crippen LogP contribution in [0.15, 0.2) is 30.3 Å². The second-order valence-corrected chi connectivity index (χ2v) is 9.64. The number of aliphatic hydroxyl groups is 4. The van der Waals surface area contributed by atoms with E-state index >= 15 is 0 Å². The Hall–Kier alpha value is -2.18. The Morgan fingerprint density at radius 2 is 1.67 bits per heavy atom. The van der Waals surface area contributed by atoms with E-state index in [0.29, 0.717) is 5.56 Å². The minimum atomic E-state index is -2.05. The molecule has 0 spiro atoms. The van der Waals surface area contributed by atoms with Gasteiger partial charge in [-0.3, -0.25) is 9.59 Å². The molecular formula is C19H24N2O8S. The Labute approximate surface area is 176 Å². The van der Waals surface area contributed by atoms with Gasteiger partial charge in [-0.15, -0.1) is 11.8 Å². The van der Waals surface area contributed by atoms with Crippen molar-refractivity contribution in [3.05, 3.63) is 35.9 Å². The van der Waals surface area contributed by atoms with Gasteiger partial charge in [0.2, 0.25) is 5.91 Å². The van der Waals surface area contributed by atoms with Crippen molar-refractivity contribution in [2.45, 2.75) is 60.5 Å². The fourth-order valence-electron chi connectivity index (χ4n) is 3.85. The molecule has 2 aliphatic rings. The predicted octanol–water partition coefficient (Wildman–Crippen LogP) is -1.57. The number of aliphatic carboxylic acids is 1. The molecule has 0 aliphatic carbocycles. The van der Waals surface area contributed by atoms with Gasteiger partial charge in [-0.1, -0.05) is 30.3 Å². The van der Waals surface area contributed by atoms with Gasteiger partial charge < -0.3 is 35.7 Å². The van der Waals surface area contributed by atoms with E-state index in [4.69, 9.17) is 0 Å². The van der Waals surface area contributed by atoms with Gasteiger partial charge >= 0.3 is 5.97 Å². The predicted molar refractivity (Wildman–Crippen MR) is 105 cm³/mol. The second kappa shape index (κ2) is 8.16. The lowest BCUT2D eigenvalue weighted by Crippen LogP contribution is -2.58. The summed E-state index contributed by atoms with van der Waals surface area (Å²) >= 11 is 1.02. The molecule has 7 atom stereocenters. The topological polar surface area (TPSA) is 168 Å². The normalized spacial score (nSPS) is 34.1. The summed E-state index contributed by atoms with van der Waals surface area (Å²) in [6.45, 7) is 3.26. The molecule has 0 bridgehead atoms. The van der Waals surface area contributed by atoms with Crippen LogP contribution in [0.4, 0.5) is 0 Å². The molecule has 2 amide bonds. The first kappa shape index (κ1) is 22.5. The first-order valence-electron chi connectivity index (χ1n) is 9.27. The number of hydrogen-bond donors (Lipinski definition) is 6. The summed E-state index contributed by atoms with van der Waals surface area (Å²) in [4.78, 5) is 38.7. The van der Waals surface area contributed by atoms with E-state index in [9.17, 15) is 39.9 Å². The van der Waals surface area contributed by atoms with Crippen LogP contribution < -0.4 is 5.32 Å². The van der Waals surface area contributed by atoms with Gasteiger partial charge in [0.05, 0.1) is 0 Å². The van der Waals surface area contributed by atoms with Crippen LogP contribution in [0.2, 0.25) is 0 Å². The highest BCUT2D eigenvalue weighted by molar-refractivity contribution is 8.01. The minimum absolute atomic E-state index is 0.325. The van der Waals surface area contributed by atoms with Crippen LogP contribution in [0.1, 0.15) is 25.5 Å². The van der Waals surface area contributed by atoms with Crippen molar-refractivity contribution in [3.8, 4) is 0 Å². The summed E-state index contributed by atoms with van der Waals surface area (Å²) in [5.41, 5.74) is 0.325. The van der Waals surface area contributed by atoms with Gasteiger partial charge in [0.1, 0.15) is 29.7 Å². The number of rotatable bonds is 4. The number of nitrogens with one attached hydrogen (secondary N) is 1. The van der Waals surface area contributed by atoms with E-state index in [0.717, 1.165) is 16.7 Å². The first-order chi connectivity index (χ1) is 14.0. The van der Waals surface area contributed by atoms with Crippen molar-refractivity contribution >= 4 is 29.5 Å². The largest absolute Gasteiger partial charge is 0.479 e. The molecule has 3 rings (SSSR count). The standard InChI is InChI=1S/C19H24N2O8S/c1-19(2)14(15(26)20-9(18(28)29)8-6-4-3-5-7-8)21-16(27)12(24)10(22)11(23)13(25)17(21)30-19/h3-7,9-14,17,22-25H,1-2H3,(H,20,26)(H,28,29)/t9-,10-,11-,12-,13+,14+,17+/m0/s1. The summed E-state index contributed by atoms with van der Waals surface area (Å²) in [5, 5.41) is 51.5. The van der Waals surface area contributed by atoms with Gasteiger partial charge in [0, 0.05) is 4.75 Å². The fourth-order valence-corrected chi connectivity index (χ4v) is 5.47. The highest BCUT2D eigenvalue weighted by Crippen LogP contribution is 2.48. The van der Waals surface area contributed by atoms with E-state index in [2.05, 4.69) is 5.32 Å². The maximum atomic E-state index is 13.2. The number of benzene rings is 1. The van der Waals surface area contributed by atoms with E-state index in [1.807, 2.05) is 0 Å². The monoisotopic (exact) mass is 440 g/mol. The number of amides is 2. The highest BCUT2D eigenvalue weighted by atomic mass is 32.2. The maximum Gasteiger partial charge on any atom is 0.330 e. The first-order valence-corrected chi connectivity index (χ1v) is 10.2. The molecule has 0 unspecified atom stereocenters. The molecule has 30 heavy (non-hydrogen) atoms. The van der Waals surface area contributed by atoms with Crippen LogP contribution in [-0.2, 0) is 14.4 Å². The molecule has 11 heteroatoms. The second-order valence-electron chi connectivity index (χ2n) is 7.87. The number of hydrogen-bond acceptors (Lipinski definition) is 8. The Morgan fingerprint density at radius 3 is 2.23 bits per heavy atom. The molecule has 0 saturated carbocycles. The van der Waals surface area contributed by atoms with Gasteiger partial charge in [-0.05, 0) is 19.4 Å². The number of nitrogens with zero attached hydrogens (tertiary/aromatic N) is 1. The molecule has 10 nitrogen and oxygen atoms in total. The van der Waals surface area contributed by atoms with Crippen molar-refractivity contribution in [2.24, 2.45) is 0 Å².